The minimum atomic E-state index is -0.0782. The summed E-state index contributed by atoms with van der Waals surface area (Å²) >= 11 is 1.53. The fourth-order valence-electron chi connectivity index (χ4n) is 3.20. The van der Waals surface area contributed by atoms with E-state index in [2.05, 4.69) is 4.98 Å². The number of amides is 1. The van der Waals surface area contributed by atoms with Crippen molar-refractivity contribution in [1.82, 2.24) is 14.5 Å². The summed E-state index contributed by atoms with van der Waals surface area (Å²) in [4.78, 5) is 33.4. The summed E-state index contributed by atoms with van der Waals surface area (Å²) in [5, 5.41) is 0.650. The molecule has 5 nitrogen and oxygen atoms in total. The summed E-state index contributed by atoms with van der Waals surface area (Å²) in [6, 6.07) is 9.92. The second-order valence-corrected chi connectivity index (χ2v) is 7.34. The molecule has 2 heterocycles. The number of rotatable bonds is 6. The highest BCUT2D eigenvalue weighted by Crippen LogP contribution is 2.35. The Morgan fingerprint density at radius 1 is 1.19 bits per heavy atom. The van der Waals surface area contributed by atoms with E-state index >= 15 is 0 Å². The highest BCUT2D eigenvalue weighted by molar-refractivity contribution is 7.19. The first-order chi connectivity index (χ1) is 12.6. The zero-order chi connectivity index (χ0) is 18.7. The number of nitrogens with zero attached hydrogens (tertiary/aromatic N) is 3. The van der Waals surface area contributed by atoms with Gasteiger partial charge in [-0.05, 0) is 26.3 Å². The van der Waals surface area contributed by atoms with Gasteiger partial charge in [-0.1, -0.05) is 30.3 Å². The summed E-state index contributed by atoms with van der Waals surface area (Å²) in [6.45, 7) is 7.65. The topological polar surface area (TPSA) is 55.2 Å². The molecule has 1 amide bonds. The van der Waals surface area contributed by atoms with Gasteiger partial charge in [-0.2, -0.15) is 0 Å². The van der Waals surface area contributed by atoms with Gasteiger partial charge in [-0.25, -0.2) is 4.98 Å². The van der Waals surface area contributed by atoms with Crippen LogP contribution in [0.4, 0.5) is 0 Å². The molecule has 0 aliphatic heterocycles. The van der Waals surface area contributed by atoms with Crippen LogP contribution < -0.4 is 5.56 Å². The van der Waals surface area contributed by atoms with E-state index in [1.807, 2.05) is 51.1 Å². The first kappa shape index (κ1) is 18.3. The van der Waals surface area contributed by atoms with Crippen LogP contribution in [0.15, 0.2) is 41.5 Å². The maximum Gasteiger partial charge on any atom is 0.262 e. The number of fused-ring (bicyclic) bond motifs is 1. The molecule has 1 aromatic carbocycles. The lowest BCUT2D eigenvalue weighted by Crippen LogP contribution is -2.32. The molecule has 3 rings (SSSR count). The number of hydrogen-bond donors (Lipinski definition) is 0. The van der Waals surface area contributed by atoms with Crippen molar-refractivity contribution in [2.24, 2.45) is 0 Å². The first-order valence-corrected chi connectivity index (χ1v) is 9.70. The van der Waals surface area contributed by atoms with Gasteiger partial charge in [0.05, 0.1) is 11.7 Å². The van der Waals surface area contributed by atoms with Gasteiger partial charge < -0.3 is 4.90 Å². The molecule has 0 spiro atoms. The number of aryl methyl sites for hydroxylation is 2. The summed E-state index contributed by atoms with van der Waals surface area (Å²) < 4.78 is 1.56. The predicted octanol–water partition coefficient (Wildman–Crippen LogP) is 3.69. The largest absolute Gasteiger partial charge is 0.343 e. The van der Waals surface area contributed by atoms with Crippen molar-refractivity contribution < 1.29 is 4.79 Å². The van der Waals surface area contributed by atoms with Gasteiger partial charge >= 0.3 is 0 Å². The van der Waals surface area contributed by atoms with Gasteiger partial charge in [-0.3, -0.25) is 14.2 Å². The van der Waals surface area contributed by atoms with Gasteiger partial charge in [0.25, 0.3) is 5.56 Å². The van der Waals surface area contributed by atoms with E-state index < -0.39 is 0 Å². The number of carbonyl (C=O) groups is 1. The van der Waals surface area contributed by atoms with Crippen molar-refractivity contribution in [3.8, 4) is 11.1 Å². The molecule has 3 aromatic rings. The molecular formula is C20H23N3O2S. The number of aromatic nitrogens is 2. The van der Waals surface area contributed by atoms with E-state index in [1.54, 1.807) is 15.8 Å². The Morgan fingerprint density at radius 2 is 1.88 bits per heavy atom. The third kappa shape index (κ3) is 3.42. The molecule has 0 atom stereocenters. The molecule has 0 N–H and O–H groups in total. The maximum absolute atomic E-state index is 13.1. The molecule has 0 fully saturated rings. The van der Waals surface area contributed by atoms with E-state index in [-0.39, 0.29) is 11.5 Å². The molecule has 0 aliphatic carbocycles. The minimum Gasteiger partial charge on any atom is -0.343 e. The van der Waals surface area contributed by atoms with Crippen LogP contribution in [0.5, 0.6) is 0 Å². The molecule has 0 unspecified atom stereocenters. The number of hydrogen-bond acceptors (Lipinski definition) is 4. The van der Waals surface area contributed by atoms with Crippen LogP contribution in [0, 0.1) is 6.92 Å². The Balaban J connectivity index is 1.98. The highest BCUT2D eigenvalue weighted by Gasteiger charge is 2.17. The van der Waals surface area contributed by atoms with Gasteiger partial charge in [0.2, 0.25) is 5.91 Å². The van der Waals surface area contributed by atoms with Crippen LogP contribution in [-0.2, 0) is 11.3 Å². The number of thiophene rings is 1. The second kappa shape index (κ2) is 7.83. The van der Waals surface area contributed by atoms with E-state index in [4.69, 9.17) is 0 Å². The van der Waals surface area contributed by atoms with Crippen molar-refractivity contribution in [2.75, 3.05) is 13.1 Å². The summed E-state index contributed by atoms with van der Waals surface area (Å²) in [7, 11) is 0. The molecule has 0 radical (unpaired) electrons. The van der Waals surface area contributed by atoms with E-state index in [1.165, 1.54) is 11.3 Å². The van der Waals surface area contributed by atoms with Crippen molar-refractivity contribution in [1.29, 1.82) is 0 Å². The SMILES string of the molecule is CCN(CC)C(=O)CCn1cnc2sc(C)c(-c3ccccc3)c2c1=O. The van der Waals surface area contributed by atoms with Gasteiger partial charge in [0.1, 0.15) is 4.83 Å². The molecule has 0 bridgehead atoms. The first-order valence-electron chi connectivity index (χ1n) is 8.88. The van der Waals surface area contributed by atoms with Crippen molar-refractivity contribution in [3.63, 3.8) is 0 Å². The average Bonchev–Trinajstić information content (AvgIpc) is 2.99. The highest BCUT2D eigenvalue weighted by atomic mass is 32.1. The summed E-state index contributed by atoms with van der Waals surface area (Å²) in [5.74, 6) is 0.0618. The zero-order valence-corrected chi connectivity index (χ0v) is 16.2. The Kier molecular flexibility index (Phi) is 5.52. The molecule has 0 saturated heterocycles. The monoisotopic (exact) mass is 369 g/mol. The van der Waals surface area contributed by atoms with Crippen LogP contribution in [-0.4, -0.2) is 33.4 Å². The van der Waals surface area contributed by atoms with Crippen LogP contribution in [0.1, 0.15) is 25.1 Å². The molecule has 6 heteroatoms. The van der Waals surface area contributed by atoms with E-state index in [9.17, 15) is 9.59 Å². The van der Waals surface area contributed by atoms with E-state index in [0.29, 0.717) is 31.4 Å². The fourth-order valence-corrected chi connectivity index (χ4v) is 4.20. The maximum atomic E-state index is 13.1. The average molecular weight is 369 g/mol. The lowest BCUT2D eigenvalue weighted by molar-refractivity contribution is -0.131. The third-order valence-electron chi connectivity index (χ3n) is 4.60. The normalized spacial score (nSPS) is 11.0. The smallest absolute Gasteiger partial charge is 0.262 e. The summed E-state index contributed by atoms with van der Waals surface area (Å²) in [6.07, 6.45) is 1.86. The van der Waals surface area contributed by atoms with Crippen molar-refractivity contribution in [2.45, 2.75) is 33.7 Å². The lowest BCUT2D eigenvalue weighted by Gasteiger charge is -2.18. The van der Waals surface area contributed by atoms with Crippen LogP contribution in [0.25, 0.3) is 21.3 Å². The molecule has 136 valence electrons. The van der Waals surface area contributed by atoms with E-state index in [0.717, 1.165) is 20.8 Å². The number of carbonyl (C=O) groups excluding carboxylic acids is 1. The Hall–Kier alpha value is -2.47. The molecular weight excluding hydrogens is 346 g/mol. The molecule has 26 heavy (non-hydrogen) atoms. The van der Waals surface area contributed by atoms with Crippen LogP contribution in [0.3, 0.4) is 0 Å². The van der Waals surface area contributed by atoms with Crippen LogP contribution in [0.2, 0.25) is 0 Å². The molecule has 0 saturated carbocycles. The van der Waals surface area contributed by atoms with Gasteiger partial charge in [0.15, 0.2) is 0 Å². The van der Waals surface area contributed by atoms with Crippen LogP contribution >= 0.6 is 11.3 Å². The van der Waals surface area contributed by atoms with Gasteiger partial charge in [-0.15, -0.1) is 11.3 Å². The predicted molar refractivity (Wildman–Crippen MR) is 107 cm³/mol. The molecule has 0 aliphatic rings. The lowest BCUT2D eigenvalue weighted by atomic mass is 10.0. The Morgan fingerprint density at radius 3 is 2.54 bits per heavy atom. The zero-order valence-electron chi connectivity index (χ0n) is 15.4. The third-order valence-corrected chi connectivity index (χ3v) is 5.61. The standard InChI is InChI=1S/C20H23N3O2S/c1-4-22(5-2)16(24)11-12-23-13-21-19-18(20(23)25)17(14(3)26-19)15-9-7-6-8-10-15/h6-10,13H,4-5,11-12H2,1-3H3. The summed E-state index contributed by atoms with van der Waals surface area (Å²) in [5.41, 5.74) is 1.89. The fraction of sp³-hybridized carbons (Fsp3) is 0.350. The Labute approximate surface area is 156 Å². The quantitative estimate of drug-likeness (QED) is 0.666. The van der Waals surface area contributed by atoms with Crippen molar-refractivity contribution >= 4 is 27.5 Å². The van der Waals surface area contributed by atoms with Gasteiger partial charge in [0, 0.05) is 36.5 Å². The van der Waals surface area contributed by atoms with Crippen molar-refractivity contribution in [3.05, 3.63) is 51.9 Å². The molecule has 2 aromatic heterocycles. The number of benzene rings is 1. The Bertz CT molecular complexity index is 972. The second-order valence-electron chi connectivity index (χ2n) is 6.14. The minimum absolute atomic E-state index is 0.0618.